The third-order valence-corrected chi connectivity index (χ3v) is 9.46. The molecule has 35 heavy (non-hydrogen) atoms. The average molecular weight is 493 g/mol. The third kappa shape index (κ3) is 4.69. The molecule has 0 heterocycles. The van der Waals surface area contributed by atoms with Crippen LogP contribution < -0.4 is 0 Å². The molecule has 2 fully saturated rings. The van der Waals surface area contributed by atoms with Crippen molar-refractivity contribution in [2.75, 3.05) is 0 Å². The number of aromatic hydroxyl groups is 1. The zero-order chi connectivity index (χ0) is 25.4. The van der Waals surface area contributed by atoms with E-state index < -0.39 is 18.7 Å². The van der Waals surface area contributed by atoms with Gasteiger partial charge in [-0.05, 0) is 110 Å². The molecule has 3 unspecified atom stereocenters. The summed E-state index contributed by atoms with van der Waals surface area (Å²) in [7, 11) is 0. The molecule has 4 rings (SSSR count). The molecule has 0 aliphatic heterocycles. The van der Waals surface area contributed by atoms with Crippen molar-refractivity contribution in [1.82, 2.24) is 0 Å². The van der Waals surface area contributed by atoms with Gasteiger partial charge < -0.3 is 15.3 Å². The van der Waals surface area contributed by atoms with Crippen LogP contribution in [0.5, 0.6) is 5.75 Å². The van der Waals surface area contributed by atoms with Crippen LogP contribution in [0.2, 0.25) is 0 Å². The van der Waals surface area contributed by atoms with Crippen LogP contribution in [0.25, 0.3) is 0 Å². The van der Waals surface area contributed by atoms with E-state index in [4.69, 9.17) is 0 Å². The number of aliphatic hydroxyl groups is 2. The van der Waals surface area contributed by atoms with Gasteiger partial charge in [0.25, 0.3) is 6.43 Å². The Balaban J connectivity index is 1.53. The molecular formula is C29H39F3O3. The van der Waals surface area contributed by atoms with Gasteiger partial charge in [-0.15, -0.1) is 6.58 Å². The Bertz CT molecular complexity index is 934. The first kappa shape index (κ1) is 26.3. The monoisotopic (exact) mass is 492 g/mol. The molecule has 0 saturated heterocycles. The Kier molecular flexibility index (Phi) is 7.73. The molecule has 0 spiro atoms. The fourth-order valence-corrected chi connectivity index (χ4v) is 7.83. The first-order valence-electron chi connectivity index (χ1n) is 13.0. The van der Waals surface area contributed by atoms with Gasteiger partial charge >= 0.3 is 0 Å². The molecule has 8 atom stereocenters. The molecule has 1 aromatic carbocycles. The normalized spacial score (nSPS) is 36.0. The van der Waals surface area contributed by atoms with Crippen molar-refractivity contribution in [3.05, 3.63) is 54.1 Å². The number of aliphatic hydroxyl groups excluding tert-OH is 2. The zero-order valence-corrected chi connectivity index (χ0v) is 20.6. The summed E-state index contributed by atoms with van der Waals surface area (Å²) in [5.74, 6) is 1.23. The second-order valence-corrected chi connectivity index (χ2v) is 11.3. The lowest BCUT2D eigenvalue weighted by molar-refractivity contribution is -0.0806. The summed E-state index contributed by atoms with van der Waals surface area (Å²) in [6.07, 6.45) is 4.93. The first-order valence-corrected chi connectivity index (χ1v) is 13.0. The van der Waals surface area contributed by atoms with E-state index in [1.54, 1.807) is 6.07 Å². The van der Waals surface area contributed by atoms with E-state index in [9.17, 15) is 28.5 Å². The van der Waals surface area contributed by atoms with Crippen LogP contribution in [0.4, 0.5) is 13.2 Å². The summed E-state index contributed by atoms with van der Waals surface area (Å²) in [6.45, 7) is 6.55. The minimum Gasteiger partial charge on any atom is -0.508 e. The maximum absolute atomic E-state index is 13.2. The molecule has 2 saturated carbocycles. The van der Waals surface area contributed by atoms with E-state index in [0.717, 1.165) is 44.9 Å². The predicted octanol–water partition coefficient (Wildman–Crippen LogP) is 6.47. The summed E-state index contributed by atoms with van der Waals surface area (Å²) >= 11 is 0. The molecule has 0 radical (unpaired) electrons. The van der Waals surface area contributed by atoms with Gasteiger partial charge in [0.2, 0.25) is 0 Å². The molecule has 0 aromatic heterocycles. The number of hydrogen-bond acceptors (Lipinski definition) is 3. The number of hydrogen-bond donors (Lipinski definition) is 3. The van der Waals surface area contributed by atoms with Crippen LogP contribution >= 0.6 is 0 Å². The highest BCUT2D eigenvalue weighted by Crippen LogP contribution is 2.69. The number of rotatable bonds is 9. The second kappa shape index (κ2) is 10.3. The molecule has 194 valence electrons. The Morgan fingerprint density at radius 1 is 1.17 bits per heavy atom. The van der Waals surface area contributed by atoms with Crippen LogP contribution in [-0.2, 0) is 6.42 Å². The third-order valence-electron chi connectivity index (χ3n) is 9.46. The maximum Gasteiger partial charge on any atom is 0.271 e. The molecule has 0 amide bonds. The van der Waals surface area contributed by atoms with Gasteiger partial charge in [0.15, 0.2) is 6.17 Å². The number of allylic oxidation sites excluding steroid dienone is 3. The van der Waals surface area contributed by atoms with Crippen molar-refractivity contribution in [2.24, 2.45) is 22.7 Å². The van der Waals surface area contributed by atoms with Crippen LogP contribution in [0.1, 0.15) is 75.3 Å². The molecule has 1 aromatic rings. The van der Waals surface area contributed by atoms with Crippen LogP contribution in [-0.4, -0.2) is 40.1 Å². The second-order valence-electron chi connectivity index (χ2n) is 11.3. The average Bonchev–Trinajstić information content (AvgIpc) is 3.14. The van der Waals surface area contributed by atoms with Crippen molar-refractivity contribution in [3.8, 4) is 5.75 Å². The zero-order valence-electron chi connectivity index (χ0n) is 20.6. The predicted molar refractivity (Wildman–Crippen MR) is 131 cm³/mol. The SMILES string of the molecule is C=CC12CCc3cc(O)ccc3[C@H]1[C@@H](CCC=CCCC(O)C(F)C(F)F)C[C@]1(C)[C@@H](O)CC[C@@H]21. The van der Waals surface area contributed by atoms with Crippen LogP contribution in [0.3, 0.4) is 0 Å². The van der Waals surface area contributed by atoms with Gasteiger partial charge in [-0.25, -0.2) is 13.2 Å². The topological polar surface area (TPSA) is 60.7 Å². The van der Waals surface area contributed by atoms with E-state index in [1.807, 2.05) is 18.2 Å². The van der Waals surface area contributed by atoms with E-state index in [1.165, 1.54) is 11.1 Å². The number of benzene rings is 1. The quantitative estimate of drug-likeness (QED) is 0.346. The van der Waals surface area contributed by atoms with Crippen molar-refractivity contribution in [2.45, 2.75) is 95.4 Å². The van der Waals surface area contributed by atoms with Crippen LogP contribution in [0.15, 0.2) is 43.0 Å². The van der Waals surface area contributed by atoms with Crippen molar-refractivity contribution < 1.29 is 28.5 Å². The Morgan fingerprint density at radius 3 is 2.63 bits per heavy atom. The van der Waals surface area contributed by atoms with Gasteiger partial charge in [-0.3, -0.25) is 0 Å². The lowest BCUT2D eigenvalue weighted by Crippen LogP contribution is -2.54. The molecule has 3 N–H and O–H groups in total. The summed E-state index contributed by atoms with van der Waals surface area (Å²) in [4.78, 5) is 0. The first-order chi connectivity index (χ1) is 16.6. The number of phenols is 1. The maximum atomic E-state index is 13.2. The van der Waals surface area contributed by atoms with E-state index in [0.29, 0.717) is 18.3 Å². The summed E-state index contributed by atoms with van der Waals surface area (Å²) in [5.41, 5.74) is 2.22. The lowest BCUT2D eigenvalue weighted by Gasteiger charge is -2.60. The minimum absolute atomic E-state index is 0.0313. The fourth-order valence-electron chi connectivity index (χ4n) is 7.83. The Morgan fingerprint density at radius 2 is 1.91 bits per heavy atom. The van der Waals surface area contributed by atoms with E-state index in [2.05, 4.69) is 25.6 Å². The standard InChI is InChI=1S/C29H39F3O3/c1-3-29-15-14-18-16-20(33)10-11-21(18)25(29)19(17-28(2)23(29)12-13-24(28)35)8-6-4-5-7-9-22(34)26(30)27(31)32/h3-5,10-11,16,19,22-27,33-35H,1,6-9,12-15,17H2,2H3/t19-,22?,23+,24-,25+,26?,28-,29?/m0/s1. The smallest absolute Gasteiger partial charge is 0.271 e. The molecular weight excluding hydrogens is 453 g/mol. The minimum atomic E-state index is -3.16. The van der Waals surface area contributed by atoms with Gasteiger partial charge in [0.1, 0.15) is 5.75 Å². The largest absolute Gasteiger partial charge is 0.508 e. The number of aryl methyl sites for hydroxylation is 1. The molecule has 3 nitrogen and oxygen atoms in total. The van der Waals surface area contributed by atoms with E-state index in [-0.39, 0.29) is 35.0 Å². The highest BCUT2D eigenvalue weighted by molar-refractivity contribution is 5.43. The Hall–Kier alpha value is -1.79. The van der Waals surface area contributed by atoms with Crippen molar-refractivity contribution >= 4 is 0 Å². The molecule has 3 aliphatic rings. The number of alkyl halides is 3. The van der Waals surface area contributed by atoms with Crippen molar-refractivity contribution in [1.29, 1.82) is 0 Å². The summed E-state index contributed by atoms with van der Waals surface area (Å²) in [6, 6.07) is 5.73. The fraction of sp³-hybridized carbons (Fsp3) is 0.655. The van der Waals surface area contributed by atoms with Crippen molar-refractivity contribution in [3.63, 3.8) is 0 Å². The summed E-state index contributed by atoms with van der Waals surface area (Å²) < 4.78 is 38.0. The Labute approximate surface area is 206 Å². The number of phenolic OH excluding ortho intramolecular Hbond substituents is 1. The summed E-state index contributed by atoms with van der Waals surface area (Å²) in [5, 5.41) is 30.6. The highest BCUT2D eigenvalue weighted by atomic mass is 19.3. The van der Waals surface area contributed by atoms with Gasteiger partial charge in [-0.1, -0.05) is 31.2 Å². The van der Waals surface area contributed by atoms with Gasteiger partial charge in [-0.2, -0.15) is 0 Å². The molecule has 3 aliphatic carbocycles. The van der Waals surface area contributed by atoms with E-state index >= 15 is 0 Å². The number of halogens is 3. The highest BCUT2D eigenvalue weighted by Gasteiger charge is 2.63. The van der Waals surface area contributed by atoms with Gasteiger partial charge in [0, 0.05) is 0 Å². The number of fused-ring (bicyclic) bond motifs is 5. The van der Waals surface area contributed by atoms with Gasteiger partial charge in [0.05, 0.1) is 12.2 Å². The van der Waals surface area contributed by atoms with Crippen LogP contribution in [0, 0.1) is 22.7 Å². The lowest BCUT2D eigenvalue weighted by atomic mass is 9.44. The molecule has 0 bridgehead atoms. The molecule has 6 heteroatoms.